The number of hydrogen-bond donors (Lipinski definition) is 1. The second-order valence-electron chi connectivity index (χ2n) is 6.32. The van der Waals surface area contributed by atoms with E-state index in [4.69, 9.17) is 0 Å². The average Bonchev–Trinajstić information content (AvgIpc) is 3.01. The highest BCUT2D eigenvalue weighted by molar-refractivity contribution is 7.12. The van der Waals surface area contributed by atoms with Gasteiger partial charge >= 0.3 is 6.03 Å². The smallest absolute Gasteiger partial charge is 0.319 e. The number of nitrogens with one attached hydrogen (secondary N) is 1. The molecule has 1 aromatic heterocycles. The van der Waals surface area contributed by atoms with Gasteiger partial charge in [0.2, 0.25) is 0 Å². The zero-order chi connectivity index (χ0) is 19.2. The van der Waals surface area contributed by atoms with E-state index >= 15 is 0 Å². The summed E-state index contributed by atoms with van der Waals surface area (Å²) in [6.45, 7) is 4.46. The molecule has 1 atom stereocenters. The van der Waals surface area contributed by atoms with E-state index in [0.29, 0.717) is 5.56 Å². The number of hydrogen-bond acceptors (Lipinski definition) is 4. The number of carbonyl (C=O) groups is 3. The Morgan fingerprint density at radius 1 is 1.23 bits per heavy atom. The number of ketones is 1. The molecule has 0 radical (unpaired) electrons. The van der Waals surface area contributed by atoms with E-state index in [1.807, 2.05) is 6.92 Å². The Bertz CT molecular complexity index is 941. The predicted octanol–water partition coefficient (Wildman–Crippen LogP) is 3.29. The van der Waals surface area contributed by atoms with Crippen molar-refractivity contribution >= 4 is 29.1 Å². The van der Waals surface area contributed by atoms with Gasteiger partial charge in [-0.05, 0) is 45.0 Å². The van der Waals surface area contributed by atoms with Crippen LogP contribution in [0.3, 0.4) is 0 Å². The van der Waals surface area contributed by atoms with E-state index in [0.717, 1.165) is 32.9 Å². The van der Waals surface area contributed by atoms with Gasteiger partial charge in [-0.3, -0.25) is 14.5 Å². The maximum atomic E-state index is 14.1. The fourth-order valence-electron chi connectivity index (χ4n) is 3.04. The molecule has 8 heteroatoms. The Hall–Kier alpha value is -2.61. The minimum absolute atomic E-state index is 0.284. The molecule has 2 heterocycles. The molecule has 1 aliphatic heterocycles. The number of nitrogens with zero attached hydrogens (tertiary/aromatic N) is 1. The van der Waals surface area contributed by atoms with Crippen molar-refractivity contribution in [3.63, 3.8) is 0 Å². The van der Waals surface area contributed by atoms with Crippen LogP contribution in [0.2, 0.25) is 0 Å². The number of urea groups is 1. The van der Waals surface area contributed by atoms with Crippen LogP contribution in [0.15, 0.2) is 24.3 Å². The number of benzene rings is 1. The molecule has 0 saturated carbocycles. The molecule has 136 valence electrons. The number of thiophene rings is 1. The summed E-state index contributed by atoms with van der Waals surface area (Å²) in [7, 11) is 0. The zero-order valence-electron chi connectivity index (χ0n) is 14.4. The first-order valence-electron chi connectivity index (χ1n) is 7.83. The van der Waals surface area contributed by atoms with Gasteiger partial charge in [-0.15, -0.1) is 11.3 Å². The summed E-state index contributed by atoms with van der Waals surface area (Å²) in [6.07, 6.45) is 0. The van der Waals surface area contributed by atoms with Crippen LogP contribution < -0.4 is 5.32 Å². The first-order chi connectivity index (χ1) is 12.1. The summed E-state index contributed by atoms with van der Waals surface area (Å²) in [6, 6.07) is 3.56. The lowest BCUT2D eigenvalue weighted by Crippen LogP contribution is -2.42. The van der Waals surface area contributed by atoms with Crippen LogP contribution in [-0.4, -0.2) is 29.2 Å². The van der Waals surface area contributed by atoms with Crippen molar-refractivity contribution in [2.24, 2.45) is 0 Å². The quantitative estimate of drug-likeness (QED) is 0.656. The Morgan fingerprint density at radius 3 is 2.54 bits per heavy atom. The molecular weight excluding hydrogens is 362 g/mol. The molecule has 1 fully saturated rings. The zero-order valence-corrected chi connectivity index (χ0v) is 15.2. The highest BCUT2D eigenvalue weighted by Crippen LogP contribution is 2.31. The molecular formula is C18H16F2N2O3S. The molecule has 3 rings (SSSR count). The summed E-state index contributed by atoms with van der Waals surface area (Å²) in [5.41, 5.74) is -1.62. The monoisotopic (exact) mass is 378 g/mol. The number of amides is 3. The minimum Gasteiger partial charge on any atom is -0.319 e. The van der Waals surface area contributed by atoms with E-state index in [2.05, 4.69) is 5.32 Å². The Morgan fingerprint density at radius 2 is 1.92 bits per heavy atom. The topological polar surface area (TPSA) is 66.5 Å². The van der Waals surface area contributed by atoms with Gasteiger partial charge < -0.3 is 5.32 Å². The van der Waals surface area contributed by atoms with Crippen molar-refractivity contribution in [1.29, 1.82) is 0 Å². The lowest BCUT2D eigenvalue weighted by molar-refractivity contribution is -0.130. The first kappa shape index (κ1) is 18.2. The van der Waals surface area contributed by atoms with E-state index < -0.39 is 35.7 Å². The number of aryl methyl sites for hydroxylation is 2. The van der Waals surface area contributed by atoms with Crippen LogP contribution in [0.5, 0.6) is 0 Å². The molecule has 1 saturated heterocycles. The van der Waals surface area contributed by atoms with Gasteiger partial charge in [-0.25, -0.2) is 13.6 Å². The van der Waals surface area contributed by atoms with Crippen molar-refractivity contribution in [3.05, 3.63) is 56.8 Å². The van der Waals surface area contributed by atoms with Gasteiger partial charge in [0.25, 0.3) is 5.91 Å². The lowest BCUT2D eigenvalue weighted by atomic mass is 9.91. The molecule has 0 aliphatic carbocycles. The van der Waals surface area contributed by atoms with E-state index in [9.17, 15) is 23.2 Å². The predicted molar refractivity (Wildman–Crippen MR) is 92.1 cm³/mol. The highest BCUT2D eigenvalue weighted by Gasteiger charge is 2.50. The number of carbonyl (C=O) groups excluding carboxylic acids is 3. The number of halogens is 2. The number of Topliss-reactive ketones (excluding diaryl/α,β-unsaturated/α-hetero) is 1. The lowest BCUT2D eigenvalue weighted by Gasteiger charge is -2.22. The normalized spacial score (nSPS) is 19.8. The summed E-state index contributed by atoms with van der Waals surface area (Å²) >= 11 is 1.44. The molecule has 26 heavy (non-hydrogen) atoms. The standard InChI is InChI=1S/C18H16F2N2O3S/c1-9-6-12(10(2)26-9)15(23)8-22-16(24)18(3,21-17(22)25)13-7-11(19)4-5-14(13)20/h4-7H,8H2,1-3H3,(H,21,25)/t18-/m0/s1. The summed E-state index contributed by atoms with van der Waals surface area (Å²) in [5, 5.41) is 2.37. The van der Waals surface area contributed by atoms with E-state index in [1.54, 1.807) is 13.0 Å². The fourth-order valence-corrected chi connectivity index (χ4v) is 3.98. The van der Waals surface area contributed by atoms with Crippen LogP contribution in [0, 0.1) is 25.5 Å². The summed E-state index contributed by atoms with van der Waals surface area (Å²) in [4.78, 5) is 40.0. The number of rotatable bonds is 4. The summed E-state index contributed by atoms with van der Waals surface area (Å²) in [5.74, 6) is -2.74. The van der Waals surface area contributed by atoms with Crippen LogP contribution in [0.25, 0.3) is 0 Å². The molecule has 0 unspecified atom stereocenters. The third kappa shape index (κ3) is 2.90. The molecule has 1 aliphatic rings. The third-order valence-corrected chi connectivity index (χ3v) is 5.35. The van der Waals surface area contributed by atoms with E-state index in [1.165, 1.54) is 18.3 Å². The Kier molecular flexibility index (Phi) is 4.39. The molecule has 2 aromatic rings. The Balaban J connectivity index is 1.90. The molecule has 1 N–H and O–H groups in total. The van der Waals surface area contributed by atoms with Crippen molar-refractivity contribution in [3.8, 4) is 0 Å². The van der Waals surface area contributed by atoms with Gasteiger partial charge in [0.15, 0.2) is 5.78 Å². The van der Waals surface area contributed by atoms with Gasteiger partial charge in [-0.2, -0.15) is 0 Å². The second kappa shape index (κ2) is 6.28. The maximum Gasteiger partial charge on any atom is 0.325 e. The maximum absolute atomic E-state index is 14.1. The largest absolute Gasteiger partial charge is 0.325 e. The SMILES string of the molecule is Cc1cc(C(=O)CN2C(=O)N[C@@](C)(c3cc(F)ccc3F)C2=O)c(C)s1. The highest BCUT2D eigenvalue weighted by atomic mass is 32.1. The number of imide groups is 1. The van der Waals surface area contributed by atoms with E-state index in [-0.39, 0.29) is 11.3 Å². The fraction of sp³-hybridized carbons (Fsp3) is 0.278. The average molecular weight is 378 g/mol. The third-order valence-electron chi connectivity index (χ3n) is 4.39. The van der Waals surface area contributed by atoms with Crippen LogP contribution >= 0.6 is 11.3 Å². The molecule has 0 bridgehead atoms. The first-order valence-corrected chi connectivity index (χ1v) is 8.65. The van der Waals surface area contributed by atoms with Crippen LogP contribution in [0.1, 0.15) is 32.6 Å². The van der Waals surface area contributed by atoms with Crippen molar-refractivity contribution in [2.75, 3.05) is 6.54 Å². The molecule has 3 amide bonds. The van der Waals surface area contributed by atoms with Crippen molar-refractivity contribution in [2.45, 2.75) is 26.3 Å². The van der Waals surface area contributed by atoms with Gasteiger partial charge in [-0.1, -0.05) is 0 Å². The minimum atomic E-state index is -1.77. The molecule has 0 spiro atoms. The molecule has 1 aromatic carbocycles. The van der Waals surface area contributed by atoms with Crippen molar-refractivity contribution < 1.29 is 23.2 Å². The van der Waals surface area contributed by atoms with Crippen LogP contribution in [0.4, 0.5) is 13.6 Å². The second-order valence-corrected chi connectivity index (χ2v) is 7.78. The Labute approximate surface area is 152 Å². The van der Waals surface area contributed by atoms with Gasteiger partial charge in [0.1, 0.15) is 17.2 Å². The van der Waals surface area contributed by atoms with Crippen LogP contribution in [-0.2, 0) is 10.3 Å². The van der Waals surface area contributed by atoms with Crippen molar-refractivity contribution in [1.82, 2.24) is 10.2 Å². The van der Waals surface area contributed by atoms with Gasteiger partial charge in [0, 0.05) is 20.9 Å². The van der Waals surface area contributed by atoms with Gasteiger partial charge in [0.05, 0.1) is 6.54 Å². The molecule has 5 nitrogen and oxygen atoms in total. The summed E-state index contributed by atoms with van der Waals surface area (Å²) < 4.78 is 27.6.